The van der Waals surface area contributed by atoms with Gasteiger partial charge in [-0.3, -0.25) is 0 Å². The molecule has 2 aromatic rings. The number of aliphatic hydroxyl groups excluding tert-OH is 1. The molecule has 0 spiro atoms. The highest BCUT2D eigenvalue weighted by atomic mass is 16.5. The summed E-state index contributed by atoms with van der Waals surface area (Å²) in [5, 5.41) is 12.7. The molecule has 0 amide bonds. The molecule has 4 heteroatoms. The third kappa shape index (κ3) is 3.56. The Morgan fingerprint density at radius 1 is 1.30 bits per heavy atom. The number of aliphatic hydroxyl groups is 1. The van der Waals surface area contributed by atoms with E-state index in [0.29, 0.717) is 11.6 Å². The molecule has 1 unspecified atom stereocenters. The number of nitrogens with zero attached hydrogens (tertiary/aromatic N) is 1. The Balaban J connectivity index is 2.19. The van der Waals surface area contributed by atoms with E-state index in [1.165, 1.54) is 0 Å². The number of para-hydroxylation sites is 1. The average Bonchev–Trinajstić information content (AvgIpc) is 2.48. The minimum Gasteiger partial charge on any atom is -0.439 e. The number of aromatic nitrogens is 1. The van der Waals surface area contributed by atoms with Gasteiger partial charge in [0.2, 0.25) is 5.88 Å². The fourth-order valence-electron chi connectivity index (χ4n) is 2.02. The Morgan fingerprint density at radius 3 is 2.85 bits per heavy atom. The van der Waals surface area contributed by atoms with Crippen LogP contribution in [-0.4, -0.2) is 16.6 Å². The third-order valence-corrected chi connectivity index (χ3v) is 3.13. The SMILES string of the molecule is CCNC(C)c1ccnc(Oc2ccccc2CO)c1. The summed E-state index contributed by atoms with van der Waals surface area (Å²) in [6, 6.07) is 11.5. The van der Waals surface area contributed by atoms with Crippen molar-refractivity contribution in [3.05, 3.63) is 53.7 Å². The number of rotatable bonds is 6. The van der Waals surface area contributed by atoms with Crippen molar-refractivity contribution in [2.45, 2.75) is 26.5 Å². The Kier molecular flexibility index (Phi) is 5.09. The van der Waals surface area contributed by atoms with Gasteiger partial charge < -0.3 is 15.2 Å². The van der Waals surface area contributed by atoms with E-state index in [2.05, 4.69) is 24.1 Å². The molecule has 0 aliphatic heterocycles. The Labute approximate surface area is 119 Å². The number of benzene rings is 1. The first-order valence-electron chi connectivity index (χ1n) is 6.80. The van der Waals surface area contributed by atoms with E-state index in [9.17, 15) is 5.11 Å². The normalized spacial score (nSPS) is 12.2. The molecule has 0 bridgehead atoms. The van der Waals surface area contributed by atoms with E-state index >= 15 is 0 Å². The Morgan fingerprint density at radius 2 is 2.10 bits per heavy atom. The van der Waals surface area contributed by atoms with Gasteiger partial charge in [-0.2, -0.15) is 0 Å². The van der Waals surface area contributed by atoms with Gasteiger partial charge in [-0.05, 0) is 31.2 Å². The van der Waals surface area contributed by atoms with E-state index in [0.717, 1.165) is 17.7 Å². The van der Waals surface area contributed by atoms with Crippen LogP contribution in [0.15, 0.2) is 42.6 Å². The largest absolute Gasteiger partial charge is 0.439 e. The second kappa shape index (κ2) is 7.03. The van der Waals surface area contributed by atoms with Crippen LogP contribution >= 0.6 is 0 Å². The highest BCUT2D eigenvalue weighted by molar-refractivity contribution is 5.36. The van der Waals surface area contributed by atoms with Gasteiger partial charge in [0.15, 0.2) is 0 Å². The smallest absolute Gasteiger partial charge is 0.219 e. The van der Waals surface area contributed by atoms with E-state index in [4.69, 9.17) is 4.74 Å². The zero-order valence-corrected chi connectivity index (χ0v) is 11.8. The van der Waals surface area contributed by atoms with E-state index < -0.39 is 0 Å². The lowest BCUT2D eigenvalue weighted by Crippen LogP contribution is -2.17. The van der Waals surface area contributed by atoms with Gasteiger partial charge in [-0.1, -0.05) is 25.1 Å². The second-order valence-electron chi connectivity index (χ2n) is 4.57. The summed E-state index contributed by atoms with van der Waals surface area (Å²) in [7, 11) is 0. The monoisotopic (exact) mass is 272 g/mol. The Bertz CT molecular complexity index is 558. The van der Waals surface area contributed by atoms with Gasteiger partial charge in [0.25, 0.3) is 0 Å². The van der Waals surface area contributed by atoms with Crippen LogP contribution in [0, 0.1) is 0 Å². The molecule has 0 fully saturated rings. The number of hydrogen-bond acceptors (Lipinski definition) is 4. The van der Waals surface area contributed by atoms with Gasteiger partial charge >= 0.3 is 0 Å². The van der Waals surface area contributed by atoms with Gasteiger partial charge in [-0.25, -0.2) is 4.98 Å². The van der Waals surface area contributed by atoms with Crippen LogP contribution in [-0.2, 0) is 6.61 Å². The number of ether oxygens (including phenoxy) is 1. The van der Waals surface area contributed by atoms with Crippen molar-refractivity contribution in [3.8, 4) is 11.6 Å². The maximum Gasteiger partial charge on any atom is 0.219 e. The molecule has 2 rings (SSSR count). The number of nitrogens with one attached hydrogen (secondary N) is 1. The molecule has 2 N–H and O–H groups in total. The van der Waals surface area contributed by atoms with Crippen LogP contribution < -0.4 is 10.1 Å². The summed E-state index contributed by atoms with van der Waals surface area (Å²) in [5.74, 6) is 1.17. The lowest BCUT2D eigenvalue weighted by Gasteiger charge is -2.14. The summed E-state index contributed by atoms with van der Waals surface area (Å²) < 4.78 is 5.77. The van der Waals surface area contributed by atoms with Crippen LogP contribution in [0.25, 0.3) is 0 Å². The average molecular weight is 272 g/mol. The predicted molar refractivity (Wildman–Crippen MR) is 78.8 cm³/mol. The standard InChI is InChI=1S/C16H20N2O2/c1-3-17-12(2)13-8-9-18-16(10-13)20-15-7-5-4-6-14(15)11-19/h4-10,12,17,19H,3,11H2,1-2H3. The topological polar surface area (TPSA) is 54.4 Å². The molecule has 4 nitrogen and oxygen atoms in total. The maximum atomic E-state index is 9.30. The molecule has 1 aromatic carbocycles. The molecule has 0 saturated heterocycles. The third-order valence-electron chi connectivity index (χ3n) is 3.13. The van der Waals surface area contributed by atoms with Gasteiger partial charge in [-0.15, -0.1) is 0 Å². The van der Waals surface area contributed by atoms with Crippen molar-refractivity contribution in [1.29, 1.82) is 0 Å². The first-order valence-corrected chi connectivity index (χ1v) is 6.80. The lowest BCUT2D eigenvalue weighted by molar-refractivity contribution is 0.276. The summed E-state index contributed by atoms with van der Waals surface area (Å²) in [6.07, 6.45) is 1.74. The van der Waals surface area contributed by atoms with E-state index in [-0.39, 0.29) is 12.6 Å². The van der Waals surface area contributed by atoms with Crippen molar-refractivity contribution in [2.75, 3.05) is 6.54 Å². The van der Waals surface area contributed by atoms with E-state index in [1.807, 2.05) is 36.4 Å². The second-order valence-corrected chi connectivity index (χ2v) is 4.57. The molecule has 0 saturated carbocycles. The quantitative estimate of drug-likeness (QED) is 0.848. The van der Waals surface area contributed by atoms with Crippen LogP contribution in [0.2, 0.25) is 0 Å². The molecule has 1 heterocycles. The van der Waals surface area contributed by atoms with Crippen LogP contribution in [0.5, 0.6) is 11.6 Å². The zero-order valence-electron chi connectivity index (χ0n) is 11.8. The molecular weight excluding hydrogens is 252 g/mol. The van der Waals surface area contributed by atoms with Crippen molar-refractivity contribution in [3.63, 3.8) is 0 Å². The van der Waals surface area contributed by atoms with Crippen LogP contribution in [0.1, 0.15) is 31.0 Å². The minimum atomic E-state index is -0.0519. The maximum absolute atomic E-state index is 9.30. The fourth-order valence-corrected chi connectivity index (χ4v) is 2.02. The lowest BCUT2D eigenvalue weighted by atomic mass is 10.1. The highest BCUT2D eigenvalue weighted by Crippen LogP contribution is 2.25. The van der Waals surface area contributed by atoms with Gasteiger partial charge in [0, 0.05) is 23.9 Å². The number of pyridine rings is 1. The molecule has 1 aromatic heterocycles. The fraction of sp³-hybridized carbons (Fsp3) is 0.312. The molecule has 0 radical (unpaired) electrons. The molecule has 106 valence electrons. The molecule has 0 aliphatic carbocycles. The molecule has 20 heavy (non-hydrogen) atoms. The first-order chi connectivity index (χ1) is 9.74. The minimum absolute atomic E-state index is 0.0519. The highest BCUT2D eigenvalue weighted by Gasteiger charge is 2.08. The van der Waals surface area contributed by atoms with Gasteiger partial charge in [0.05, 0.1) is 6.61 Å². The molecular formula is C16H20N2O2. The van der Waals surface area contributed by atoms with E-state index in [1.54, 1.807) is 6.20 Å². The molecule has 1 atom stereocenters. The van der Waals surface area contributed by atoms with Crippen molar-refractivity contribution < 1.29 is 9.84 Å². The summed E-state index contributed by atoms with van der Waals surface area (Å²) in [6.45, 7) is 5.04. The molecule has 0 aliphatic rings. The van der Waals surface area contributed by atoms with Gasteiger partial charge in [0.1, 0.15) is 5.75 Å². The predicted octanol–water partition coefficient (Wildman–Crippen LogP) is 3.04. The summed E-state index contributed by atoms with van der Waals surface area (Å²) >= 11 is 0. The first kappa shape index (κ1) is 14.5. The number of hydrogen-bond donors (Lipinski definition) is 2. The van der Waals surface area contributed by atoms with Crippen LogP contribution in [0.3, 0.4) is 0 Å². The van der Waals surface area contributed by atoms with Crippen LogP contribution in [0.4, 0.5) is 0 Å². The van der Waals surface area contributed by atoms with Crippen molar-refractivity contribution in [1.82, 2.24) is 10.3 Å². The Hall–Kier alpha value is -1.91. The van der Waals surface area contributed by atoms with Crippen molar-refractivity contribution >= 4 is 0 Å². The van der Waals surface area contributed by atoms with Crippen molar-refractivity contribution in [2.24, 2.45) is 0 Å². The summed E-state index contributed by atoms with van der Waals surface area (Å²) in [4.78, 5) is 4.22. The zero-order chi connectivity index (χ0) is 14.4. The summed E-state index contributed by atoms with van der Waals surface area (Å²) in [5.41, 5.74) is 1.87.